The third-order valence-corrected chi connectivity index (χ3v) is 6.47. The minimum absolute atomic E-state index is 0.100. The first-order valence-electron chi connectivity index (χ1n) is 11.3. The number of amides is 1. The van der Waals surface area contributed by atoms with Crippen LogP contribution in [0.15, 0.2) is 79.3 Å². The summed E-state index contributed by atoms with van der Waals surface area (Å²) >= 11 is 6.19. The van der Waals surface area contributed by atoms with Gasteiger partial charge in [0.15, 0.2) is 6.23 Å². The fraction of sp³-hybridized carbons (Fsp3) is 0.185. The third kappa shape index (κ3) is 4.66. The molecule has 178 valence electrons. The lowest BCUT2D eigenvalue weighted by atomic mass is 10.1. The molecule has 35 heavy (non-hydrogen) atoms. The van der Waals surface area contributed by atoms with E-state index in [1.807, 2.05) is 67.6 Å². The average Bonchev–Trinajstić information content (AvgIpc) is 3.47. The molecule has 0 saturated carbocycles. The summed E-state index contributed by atoms with van der Waals surface area (Å²) in [5.74, 6) is -0.223. The number of anilines is 2. The number of aromatic nitrogens is 2. The Balaban J connectivity index is 1.45. The molecule has 1 amide bonds. The first kappa shape index (κ1) is 23.1. The summed E-state index contributed by atoms with van der Waals surface area (Å²) in [5.41, 5.74) is 5.66. The highest BCUT2D eigenvalue weighted by Crippen LogP contribution is 2.39. The second-order valence-corrected chi connectivity index (χ2v) is 9.11. The van der Waals surface area contributed by atoms with Crippen LogP contribution >= 0.6 is 11.6 Å². The van der Waals surface area contributed by atoms with Crippen molar-refractivity contribution in [3.05, 3.63) is 101 Å². The Bertz CT molecular complexity index is 1340. The molecular weight excluding hydrogens is 464 g/mol. The van der Waals surface area contributed by atoms with Gasteiger partial charge in [0.2, 0.25) is 5.91 Å². The SMILES string of the molecule is Cc1ccc2c(c1)C(O)C(O)N2CC(=O)N(Cc1cccc(Cl)c1)c1ccc(-c2cnc[nH]2)cc1. The predicted octanol–water partition coefficient (Wildman–Crippen LogP) is 4.44. The molecule has 8 heteroatoms. The molecule has 3 aromatic carbocycles. The maximum atomic E-state index is 13.7. The highest BCUT2D eigenvalue weighted by Gasteiger charge is 2.37. The first-order valence-corrected chi connectivity index (χ1v) is 11.7. The van der Waals surface area contributed by atoms with E-state index in [9.17, 15) is 15.0 Å². The molecular formula is C27H25ClN4O3. The molecule has 3 N–H and O–H groups in total. The molecule has 4 aromatic rings. The average molecular weight is 489 g/mol. The van der Waals surface area contributed by atoms with Gasteiger partial charge in [-0.3, -0.25) is 4.79 Å². The Morgan fingerprint density at radius 1 is 1.11 bits per heavy atom. The number of carbonyl (C=O) groups excluding carboxylic acids is 1. The van der Waals surface area contributed by atoms with Crippen molar-refractivity contribution < 1.29 is 15.0 Å². The first-order chi connectivity index (χ1) is 16.9. The van der Waals surface area contributed by atoms with Crippen LogP contribution in [0.2, 0.25) is 5.02 Å². The fourth-order valence-corrected chi connectivity index (χ4v) is 4.64. The Morgan fingerprint density at radius 3 is 2.63 bits per heavy atom. The maximum absolute atomic E-state index is 13.7. The zero-order valence-corrected chi connectivity index (χ0v) is 19.9. The van der Waals surface area contributed by atoms with E-state index in [4.69, 9.17) is 11.6 Å². The Hall–Kier alpha value is -3.65. The van der Waals surface area contributed by atoms with Crippen LogP contribution < -0.4 is 9.80 Å². The van der Waals surface area contributed by atoms with Crippen LogP contribution in [0.4, 0.5) is 11.4 Å². The normalized spacial score (nSPS) is 16.9. The summed E-state index contributed by atoms with van der Waals surface area (Å²) in [6.45, 7) is 2.13. The van der Waals surface area contributed by atoms with Crippen LogP contribution in [0.25, 0.3) is 11.3 Å². The van der Waals surface area contributed by atoms with Crippen LogP contribution in [0.5, 0.6) is 0 Å². The second kappa shape index (κ2) is 9.54. The molecule has 2 atom stereocenters. The summed E-state index contributed by atoms with van der Waals surface area (Å²) in [7, 11) is 0. The number of carbonyl (C=O) groups is 1. The van der Waals surface area contributed by atoms with Gasteiger partial charge in [-0.1, -0.05) is 53.6 Å². The van der Waals surface area contributed by atoms with E-state index in [-0.39, 0.29) is 12.5 Å². The van der Waals surface area contributed by atoms with Gasteiger partial charge < -0.3 is 25.0 Å². The smallest absolute Gasteiger partial charge is 0.246 e. The fourth-order valence-electron chi connectivity index (χ4n) is 4.43. The standard InChI is InChI=1S/C27H25ClN4O3/c1-17-5-10-24-22(11-17)26(34)27(35)32(24)15-25(33)31(14-18-3-2-4-20(28)12-18)21-8-6-19(7-9-21)23-13-29-16-30-23/h2-13,16,26-27,34-35H,14-15H2,1H3,(H,29,30). The van der Waals surface area contributed by atoms with Crippen LogP contribution in [-0.4, -0.2) is 38.9 Å². The number of aromatic amines is 1. The summed E-state index contributed by atoms with van der Waals surface area (Å²) in [4.78, 5) is 24.0. The van der Waals surface area contributed by atoms with Crippen LogP contribution in [0.3, 0.4) is 0 Å². The molecule has 0 spiro atoms. The van der Waals surface area contributed by atoms with Crippen molar-refractivity contribution in [2.45, 2.75) is 25.8 Å². The largest absolute Gasteiger partial charge is 0.384 e. The summed E-state index contributed by atoms with van der Waals surface area (Å²) in [6, 6.07) is 20.6. The van der Waals surface area contributed by atoms with E-state index in [1.165, 1.54) is 0 Å². The number of aliphatic hydroxyl groups excluding tert-OH is 2. The molecule has 1 aromatic heterocycles. The molecule has 2 heterocycles. The minimum Gasteiger partial charge on any atom is -0.384 e. The number of benzene rings is 3. The Morgan fingerprint density at radius 2 is 1.91 bits per heavy atom. The van der Waals surface area contributed by atoms with Crippen molar-refractivity contribution in [2.75, 3.05) is 16.3 Å². The Labute approximate surface area is 208 Å². The minimum atomic E-state index is -1.20. The van der Waals surface area contributed by atoms with Crippen molar-refractivity contribution in [2.24, 2.45) is 0 Å². The number of nitrogens with zero attached hydrogens (tertiary/aromatic N) is 3. The zero-order chi connectivity index (χ0) is 24.5. The number of rotatable bonds is 6. The summed E-state index contributed by atoms with van der Waals surface area (Å²) < 4.78 is 0. The number of hydrogen-bond acceptors (Lipinski definition) is 5. The number of halogens is 1. The second-order valence-electron chi connectivity index (χ2n) is 8.67. The van der Waals surface area contributed by atoms with Gasteiger partial charge in [-0.2, -0.15) is 0 Å². The van der Waals surface area contributed by atoms with Gasteiger partial charge in [0, 0.05) is 22.0 Å². The quantitative estimate of drug-likeness (QED) is 0.373. The maximum Gasteiger partial charge on any atom is 0.246 e. The molecule has 7 nitrogen and oxygen atoms in total. The molecule has 0 radical (unpaired) electrons. The number of aliphatic hydroxyl groups is 2. The number of nitrogens with one attached hydrogen (secondary N) is 1. The number of hydrogen-bond donors (Lipinski definition) is 3. The molecule has 0 fully saturated rings. The third-order valence-electron chi connectivity index (χ3n) is 6.24. The Kier molecular flexibility index (Phi) is 6.30. The monoisotopic (exact) mass is 488 g/mol. The van der Waals surface area contributed by atoms with Gasteiger partial charge in [0.25, 0.3) is 0 Å². The van der Waals surface area contributed by atoms with E-state index in [0.29, 0.717) is 28.5 Å². The molecule has 0 saturated heterocycles. The lowest BCUT2D eigenvalue weighted by molar-refractivity contribution is -0.118. The lowest BCUT2D eigenvalue weighted by Gasteiger charge is -2.29. The topological polar surface area (TPSA) is 92.7 Å². The van der Waals surface area contributed by atoms with Gasteiger partial charge in [-0.15, -0.1) is 0 Å². The van der Waals surface area contributed by atoms with Gasteiger partial charge >= 0.3 is 0 Å². The van der Waals surface area contributed by atoms with Gasteiger partial charge in [-0.25, -0.2) is 4.98 Å². The van der Waals surface area contributed by atoms with Gasteiger partial charge in [0.05, 0.1) is 24.8 Å². The van der Waals surface area contributed by atoms with Gasteiger partial charge in [-0.05, 0) is 48.4 Å². The van der Waals surface area contributed by atoms with E-state index in [2.05, 4.69) is 9.97 Å². The van der Waals surface area contributed by atoms with Crippen LogP contribution in [0.1, 0.15) is 22.8 Å². The molecule has 1 aliphatic heterocycles. The van der Waals surface area contributed by atoms with E-state index in [0.717, 1.165) is 22.4 Å². The van der Waals surface area contributed by atoms with E-state index >= 15 is 0 Å². The zero-order valence-electron chi connectivity index (χ0n) is 19.1. The van der Waals surface area contributed by atoms with Crippen molar-refractivity contribution >= 4 is 28.9 Å². The van der Waals surface area contributed by atoms with Crippen molar-refractivity contribution in [3.63, 3.8) is 0 Å². The van der Waals surface area contributed by atoms with Gasteiger partial charge in [0.1, 0.15) is 12.6 Å². The van der Waals surface area contributed by atoms with Crippen molar-refractivity contribution in [1.82, 2.24) is 9.97 Å². The number of imidazole rings is 1. The van der Waals surface area contributed by atoms with E-state index in [1.54, 1.807) is 28.4 Å². The molecule has 2 unspecified atom stereocenters. The number of fused-ring (bicyclic) bond motifs is 1. The molecule has 0 aliphatic carbocycles. The molecule has 1 aliphatic rings. The number of aryl methyl sites for hydroxylation is 1. The number of H-pyrrole nitrogens is 1. The molecule has 5 rings (SSSR count). The van der Waals surface area contributed by atoms with Crippen LogP contribution in [-0.2, 0) is 11.3 Å². The summed E-state index contributed by atoms with van der Waals surface area (Å²) in [6.07, 6.45) is 1.08. The molecule has 0 bridgehead atoms. The van der Waals surface area contributed by atoms with E-state index < -0.39 is 12.3 Å². The summed E-state index contributed by atoms with van der Waals surface area (Å²) in [5, 5.41) is 21.9. The van der Waals surface area contributed by atoms with Crippen molar-refractivity contribution in [1.29, 1.82) is 0 Å². The van der Waals surface area contributed by atoms with Crippen molar-refractivity contribution in [3.8, 4) is 11.3 Å². The van der Waals surface area contributed by atoms with Crippen LogP contribution in [0, 0.1) is 6.92 Å². The highest BCUT2D eigenvalue weighted by molar-refractivity contribution is 6.30. The highest BCUT2D eigenvalue weighted by atomic mass is 35.5. The lowest BCUT2D eigenvalue weighted by Crippen LogP contribution is -2.44. The predicted molar refractivity (Wildman–Crippen MR) is 136 cm³/mol.